The zero-order valence-corrected chi connectivity index (χ0v) is 18.8. The first kappa shape index (κ1) is 22.8. The fourth-order valence-electron chi connectivity index (χ4n) is 3.90. The number of benzene rings is 2. The Bertz CT molecular complexity index is 940. The van der Waals surface area contributed by atoms with E-state index in [1.54, 1.807) is 19.1 Å². The molecule has 0 aromatic heterocycles. The van der Waals surface area contributed by atoms with Crippen LogP contribution in [0.5, 0.6) is 5.75 Å². The molecular formula is C25H31FN2O3. The van der Waals surface area contributed by atoms with Gasteiger partial charge in [-0.15, -0.1) is 0 Å². The number of hydrogen-bond donors (Lipinski definition) is 1. The molecule has 1 heterocycles. The first-order valence-electron chi connectivity index (χ1n) is 10.8. The quantitative estimate of drug-likeness (QED) is 0.751. The van der Waals surface area contributed by atoms with E-state index >= 15 is 0 Å². The van der Waals surface area contributed by atoms with Crippen LogP contribution < -0.4 is 10.1 Å². The van der Waals surface area contributed by atoms with Gasteiger partial charge in [-0.05, 0) is 68.1 Å². The summed E-state index contributed by atoms with van der Waals surface area (Å²) < 4.78 is 19.5. The van der Waals surface area contributed by atoms with E-state index in [1.807, 2.05) is 50.8 Å². The number of ether oxygens (including phenoxy) is 1. The second kappa shape index (κ2) is 9.50. The Morgan fingerprint density at radius 1 is 1.06 bits per heavy atom. The SMILES string of the molecule is CC(C)NC(=O)[C@H](C)Oc1ccc2c(c1)[C@H](c1ccc(F)cc1)N(C(=O)C(C)C)CC2. The summed E-state index contributed by atoms with van der Waals surface area (Å²) in [6, 6.07) is 11.7. The summed E-state index contributed by atoms with van der Waals surface area (Å²) in [7, 11) is 0. The highest BCUT2D eigenvalue weighted by Crippen LogP contribution is 2.38. The maximum Gasteiger partial charge on any atom is 0.260 e. The van der Waals surface area contributed by atoms with Gasteiger partial charge in [-0.25, -0.2) is 4.39 Å². The largest absolute Gasteiger partial charge is 0.481 e. The van der Waals surface area contributed by atoms with E-state index in [0.29, 0.717) is 12.3 Å². The molecule has 0 fully saturated rings. The van der Waals surface area contributed by atoms with Crippen LogP contribution in [0.4, 0.5) is 4.39 Å². The maximum atomic E-state index is 13.6. The highest BCUT2D eigenvalue weighted by atomic mass is 19.1. The second-order valence-corrected chi connectivity index (χ2v) is 8.67. The smallest absolute Gasteiger partial charge is 0.260 e. The maximum absolute atomic E-state index is 13.6. The van der Waals surface area contributed by atoms with E-state index < -0.39 is 6.10 Å². The van der Waals surface area contributed by atoms with Gasteiger partial charge in [0.05, 0.1) is 6.04 Å². The van der Waals surface area contributed by atoms with E-state index in [-0.39, 0.29) is 35.6 Å². The number of nitrogens with zero attached hydrogens (tertiary/aromatic N) is 1. The van der Waals surface area contributed by atoms with Gasteiger partial charge in [-0.1, -0.05) is 32.0 Å². The molecule has 1 N–H and O–H groups in total. The van der Waals surface area contributed by atoms with Crippen molar-refractivity contribution in [1.29, 1.82) is 0 Å². The van der Waals surface area contributed by atoms with Gasteiger partial charge in [0.25, 0.3) is 5.91 Å². The summed E-state index contributed by atoms with van der Waals surface area (Å²) in [4.78, 5) is 27.1. The van der Waals surface area contributed by atoms with Crippen molar-refractivity contribution in [2.24, 2.45) is 5.92 Å². The van der Waals surface area contributed by atoms with E-state index in [9.17, 15) is 14.0 Å². The molecule has 2 aromatic carbocycles. The molecule has 0 bridgehead atoms. The molecule has 0 saturated carbocycles. The standard InChI is InChI=1S/C25H31FN2O3/c1-15(2)25(30)28-13-12-18-8-11-21(31-17(5)24(29)27-16(3)4)14-22(18)23(28)19-6-9-20(26)10-7-19/h6-11,14-17,23H,12-13H2,1-5H3,(H,27,29)/t17-,23-/m0/s1. The summed E-state index contributed by atoms with van der Waals surface area (Å²) in [6.07, 6.45) is 0.0801. The Hall–Kier alpha value is -2.89. The molecule has 5 nitrogen and oxygen atoms in total. The zero-order valence-electron chi connectivity index (χ0n) is 18.8. The summed E-state index contributed by atoms with van der Waals surface area (Å²) >= 11 is 0. The Kier molecular flexibility index (Phi) is 6.98. The molecule has 6 heteroatoms. The molecule has 3 rings (SSSR count). The van der Waals surface area contributed by atoms with Gasteiger partial charge in [0, 0.05) is 18.5 Å². The number of rotatable bonds is 6. The van der Waals surface area contributed by atoms with E-state index in [4.69, 9.17) is 4.74 Å². The molecule has 166 valence electrons. The molecule has 2 aromatic rings. The molecule has 0 aliphatic carbocycles. The number of fused-ring (bicyclic) bond motifs is 1. The van der Waals surface area contributed by atoms with E-state index in [1.165, 1.54) is 12.1 Å². The number of carbonyl (C=O) groups is 2. The van der Waals surface area contributed by atoms with E-state index in [2.05, 4.69) is 5.32 Å². The first-order valence-corrected chi connectivity index (χ1v) is 10.8. The van der Waals surface area contributed by atoms with Crippen LogP contribution in [0, 0.1) is 11.7 Å². The number of halogens is 1. The third-order valence-electron chi connectivity index (χ3n) is 5.42. The van der Waals surface area contributed by atoms with Gasteiger partial charge in [0.15, 0.2) is 6.10 Å². The molecule has 2 amide bonds. The average molecular weight is 427 g/mol. The van der Waals surface area contributed by atoms with Gasteiger partial charge in [-0.2, -0.15) is 0 Å². The topological polar surface area (TPSA) is 58.6 Å². The predicted octanol–water partition coefficient (Wildman–Crippen LogP) is 4.25. The molecule has 0 radical (unpaired) electrons. The van der Waals surface area contributed by atoms with Crippen molar-refractivity contribution < 1.29 is 18.7 Å². The minimum absolute atomic E-state index is 0.0283. The Labute approximate surface area is 183 Å². The molecule has 2 atom stereocenters. The minimum Gasteiger partial charge on any atom is -0.481 e. The Balaban J connectivity index is 1.97. The van der Waals surface area contributed by atoms with Gasteiger partial charge in [0.1, 0.15) is 11.6 Å². The zero-order chi connectivity index (χ0) is 22.7. The van der Waals surface area contributed by atoms with Gasteiger partial charge in [0.2, 0.25) is 5.91 Å². The summed E-state index contributed by atoms with van der Waals surface area (Å²) in [5.41, 5.74) is 2.91. The normalized spacial score (nSPS) is 16.8. The lowest BCUT2D eigenvalue weighted by Crippen LogP contribution is -2.42. The van der Waals surface area contributed by atoms with Gasteiger partial charge < -0.3 is 15.0 Å². The van der Waals surface area contributed by atoms with Crippen LogP contribution >= 0.6 is 0 Å². The Morgan fingerprint density at radius 2 is 1.74 bits per heavy atom. The fraction of sp³-hybridized carbons (Fsp3) is 0.440. The summed E-state index contributed by atoms with van der Waals surface area (Å²) in [5, 5.41) is 2.85. The van der Waals surface area contributed by atoms with Crippen LogP contribution in [-0.4, -0.2) is 35.4 Å². The molecule has 0 saturated heterocycles. The second-order valence-electron chi connectivity index (χ2n) is 8.67. The third-order valence-corrected chi connectivity index (χ3v) is 5.42. The number of hydrogen-bond acceptors (Lipinski definition) is 3. The van der Waals surface area contributed by atoms with Crippen molar-refractivity contribution in [3.8, 4) is 5.75 Å². The highest BCUT2D eigenvalue weighted by Gasteiger charge is 2.33. The lowest BCUT2D eigenvalue weighted by molar-refractivity contribution is -0.136. The molecule has 1 aliphatic heterocycles. The van der Waals surface area contributed by atoms with Crippen LogP contribution in [0.1, 0.15) is 57.4 Å². The lowest BCUT2D eigenvalue weighted by Gasteiger charge is -2.39. The summed E-state index contributed by atoms with van der Waals surface area (Å²) in [5.74, 6) is -0.0289. The van der Waals surface area contributed by atoms with Gasteiger partial charge in [-0.3, -0.25) is 9.59 Å². The monoisotopic (exact) mass is 426 g/mol. The van der Waals surface area contributed by atoms with Crippen LogP contribution in [0.25, 0.3) is 0 Å². The van der Waals surface area contributed by atoms with Crippen LogP contribution in [0.15, 0.2) is 42.5 Å². The average Bonchev–Trinajstić information content (AvgIpc) is 2.72. The van der Waals surface area contributed by atoms with E-state index in [0.717, 1.165) is 23.1 Å². The van der Waals surface area contributed by atoms with Gasteiger partial charge >= 0.3 is 0 Å². The number of carbonyl (C=O) groups excluding carboxylic acids is 2. The fourth-order valence-corrected chi connectivity index (χ4v) is 3.90. The molecule has 0 spiro atoms. The summed E-state index contributed by atoms with van der Waals surface area (Å²) in [6.45, 7) is 9.87. The minimum atomic E-state index is -0.651. The number of amides is 2. The molecule has 31 heavy (non-hydrogen) atoms. The molecule has 0 unspecified atom stereocenters. The lowest BCUT2D eigenvalue weighted by atomic mass is 9.87. The van der Waals surface area contributed by atoms with Crippen LogP contribution in [-0.2, 0) is 16.0 Å². The van der Waals surface area contributed by atoms with Crippen molar-refractivity contribution in [2.75, 3.05) is 6.54 Å². The van der Waals surface area contributed by atoms with Crippen molar-refractivity contribution in [1.82, 2.24) is 10.2 Å². The van der Waals surface area contributed by atoms with Crippen LogP contribution in [0.2, 0.25) is 0 Å². The van der Waals surface area contributed by atoms with Crippen molar-refractivity contribution in [3.05, 3.63) is 65.0 Å². The van der Waals surface area contributed by atoms with Crippen molar-refractivity contribution in [3.63, 3.8) is 0 Å². The number of nitrogens with one attached hydrogen (secondary N) is 1. The van der Waals surface area contributed by atoms with Crippen molar-refractivity contribution >= 4 is 11.8 Å². The molecular weight excluding hydrogens is 395 g/mol. The van der Waals surface area contributed by atoms with Crippen LogP contribution in [0.3, 0.4) is 0 Å². The highest BCUT2D eigenvalue weighted by molar-refractivity contribution is 5.81. The third kappa shape index (κ3) is 5.24. The first-order chi connectivity index (χ1) is 14.7. The Morgan fingerprint density at radius 3 is 2.35 bits per heavy atom. The van der Waals surface area contributed by atoms with Crippen molar-refractivity contribution in [2.45, 2.75) is 59.2 Å². The molecule has 1 aliphatic rings. The predicted molar refractivity (Wildman–Crippen MR) is 118 cm³/mol.